The molecule has 0 aliphatic carbocycles. The number of ether oxygens (including phenoxy) is 1. The molecular weight excluding hydrogens is 322 g/mol. The number of carbonyl (C=O) groups excluding carboxylic acids is 1. The highest BCUT2D eigenvalue weighted by Crippen LogP contribution is 2.25. The van der Waals surface area contributed by atoms with Crippen LogP contribution in [0.25, 0.3) is 0 Å². The van der Waals surface area contributed by atoms with Crippen molar-refractivity contribution in [3.8, 4) is 0 Å². The van der Waals surface area contributed by atoms with E-state index in [1.165, 1.54) is 4.88 Å². The van der Waals surface area contributed by atoms with E-state index in [-0.39, 0.29) is 11.9 Å². The van der Waals surface area contributed by atoms with Crippen LogP contribution in [0, 0.1) is 0 Å². The molecule has 1 saturated heterocycles. The highest BCUT2D eigenvalue weighted by Gasteiger charge is 2.28. The second-order valence-corrected chi connectivity index (χ2v) is 7.30. The molecule has 2 aromatic heterocycles. The van der Waals surface area contributed by atoms with Gasteiger partial charge >= 0.3 is 0 Å². The van der Waals surface area contributed by atoms with Crippen LogP contribution < -0.4 is 0 Å². The van der Waals surface area contributed by atoms with Crippen molar-refractivity contribution in [2.24, 2.45) is 0 Å². The van der Waals surface area contributed by atoms with Gasteiger partial charge in [-0.15, -0.1) is 11.3 Å². The molecule has 6 heteroatoms. The van der Waals surface area contributed by atoms with E-state index in [9.17, 15) is 4.79 Å². The first-order valence-corrected chi connectivity index (χ1v) is 9.25. The molecule has 1 amide bonds. The molecule has 128 valence electrons. The van der Waals surface area contributed by atoms with Gasteiger partial charge in [0.25, 0.3) is 5.91 Å². The largest absolute Gasteiger partial charge is 0.377 e. The Morgan fingerprint density at radius 2 is 2.33 bits per heavy atom. The van der Waals surface area contributed by atoms with Gasteiger partial charge in [0.1, 0.15) is 0 Å². The Morgan fingerprint density at radius 3 is 3.04 bits per heavy atom. The minimum absolute atomic E-state index is 0.0932. The molecule has 0 radical (unpaired) electrons. The number of nitrogens with zero attached hydrogens (tertiary/aromatic N) is 3. The van der Waals surface area contributed by atoms with Crippen molar-refractivity contribution in [3.05, 3.63) is 46.2 Å². The Bertz CT molecular complexity index is 672. The molecule has 1 fully saturated rings. The van der Waals surface area contributed by atoms with Gasteiger partial charge in [0.15, 0.2) is 0 Å². The maximum absolute atomic E-state index is 12.9. The van der Waals surface area contributed by atoms with Crippen molar-refractivity contribution >= 4 is 17.2 Å². The molecule has 0 spiro atoms. The molecule has 3 heterocycles. The minimum atomic E-state index is 0.0932. The lowest BCUT2D eigenvalue weighted by atomic mass is 10.1. The zero-order valence-corrected chi connectivity index (χ0v) is 15.0. The topological polar surface area (TPSA) is 55.3 Å². The highest BCUT2D eigenvalue weighted by molar-refractivity contribution is 7.10. The van der Waals surface area contributed by atoms with Gasteiger partial charge in [-0.25, -0.2) is 0 Å². The minimum Gasteiger partial charge on any atom is -0.377 e. The number of aromatic nitrogens is 2. The van der Waals surface area contributed by atoms with E-state index >= 15 is 0 Å². The highest BCUT2D eigenvalue weighted by atomic mass is 32.1. The van der Waals surface area contributed by atoms with E-state index in [0.717, 1.165) is 24.1 Å². The summed E-state index contributed by atoms with van der Waals surface area (Å²) in [7, 11) is 0. The SMILES string of the molecule is CC(C)c1cc(C(=O)N2CCOC[C@@H]2CCc2cnccn2)cs1. The molecular formula is C18H23N3O2S. The Morgan fingerprint density at radius 1 is 1.46 bits per heavy atom. The predicted octanol–water partition coefficient (Wildman–Crippen LogP) is 3.14. The van der Waals surface area contributed by atoms with Crippen LogP contribution in [0.2, 0.25) is 0 Å². The fourth-order valence-corrected chi connectivity index (χ4v) is 3.77. The Labute approximate surface area is 146 Å². The summed E-state index contributed by atoms with van der Waals surface area (Å²) in [6.07, 6.45) is 6.79. The maximum atomic E-state index is 12.9. The van der Waals surface area contributed by atoms with Crippen LogP contribution >= 0.6 is 11.3 Å². The maximum Gasteiger partial charge on any atom is 0.255 e. The fourth-order valence-electron chi connectivity index (χ4n) is 2.87. The lowest BCUT2D eigenvalue weighted by Crippen LogP contribution is -2.48. The summed E-state index contributed by atoms with van der Waals surface area (Å²) in [6, 6.07) is 2.13. The van der Waals surface area contributed by atoms with E-state index in [0.29, 0.717) is 25.7 Å². The quantitative estimate of drug-likeness (QED) is 0.835. The summed E-state index contributed by atoms with van der Waals surface area (Å²) in [6.45, 7) is 6.15. The molecule has 0 bridgehead atoms. The summed E-state index contributed by atoms with van der Waals surface area (Å²) in [5.41, 5.74) is 1.75. The van der Waals surface area contributed by atoms with Crippen molar-refractivity contribution in [2.75, 3.05) is 19.8 Å². The van der Waals surface area contributed by atoms with Crippen LogP contribution in [0.3, 0.4) is 0 Å². The van der Waals surface area contributed by atoms with Gasteiger partial charge in [-0.05, 0) is 24.8 Å². The molecule has 1 aliphatic heterocycles. The molecule has 2 aromatic rings. The summed E-state index contributed by atoms with van der Waals surface area (Å²) >= 11 is 1.66. The van der Waals surface area contributed by atoms with Crippen molar-refractivity contribution in [1.82, 2.24) is 14.9 Å². The lowest BCUT2D eigenvalue weighted by molar-refractivity contribution is -0.00410. The third kappa shape index (κ3) is 3.99. The number of carbonyl (C=O) groups is 1. The molecule has 24 heavy (non-hydrogen) atoms. The standard InChI is InChI=1S/C18H23N3O2S/c1-13(2)17-9-14(12-24-17)18(22)21-7-8-23-11-16(21)4-3-15-10-19-5-6-20-15/h5-6,9-10,12-13,16H,3-4,7-8,11H2,1-2H3/t16-/m0/s1. The number of thiophene rings is 1. The second-order valence-electron chi connectivity index (χ2n) is 6.36. The van der Waals surface area contributed by atoms with Crippen molar-refractivity contribution < 1.29 is 9.53 Å². The fraction of sp³-hybridized carbons (Fsp3) is 0.500. The van der Waals surface area contributed by atoms with Gasteiger partial charge < -0.3 is 9.64 Å². The first-order chi connectivity index (χ1) is 11.6. The zero-order valence-electron chi connectivity index (χ0n) is 14.1. The average molecular weight is 345 g/mol. The van der Waals surface area contributed by atoms with Crippen LogP contribution in [0.1, 0.15) is 47.1 Å². The molecule has 1 aliphatic rings. The Hall–Kier alpha value is -1.79. The Balaban J connectivity index is 1.67. The van der Waals surface area contributed by atoms with Gasteiger partial charge in [0.2, 0.25) is 0 Å². The van der Waals surface area contributed by atoms with Gasteiger partial charge in [0.05, 0.1) is 30.5 Å². The molecule has 3 rings (SSSR count). The van der Waals surface area contributed by atoms with Crippen LogP contribution in [0.5, 0.6) is 0 Å². The van der Waals surface area contributed by atoms with Gasteiger partial charge in [-0.2, -0.15) is 0 Å². The van der Waals surface area contributed by atoms with Crippen molar-refractivity contribution in [3.63, 3.8) is 0 Å². The zero-order chi connectivity index (χ0) is 16.9. The third-order valence-electron chi connectivity index (χ3n) is 4.27. The van der Waals surface area contributed by atoms with E-state index < -0.39 is 0 Å². The number of hydrogen-bond acceptors (Lipinski definition) is 5. The number of morpholine rings is 1. The number of amides is 1. The van der Waals surface area contributed by atoms with Crippen LogP contribution in [0.4, 0.5) is 0 Å². The van der Waals surface area contributed by atoms with Crippen molar-refractivity contribution in [2.45, 2.75) is 38.6 Å². The Kier molecular flexibility index (Phi) is 5.58. The van der Waals surface area contributed by atoms with Crippen molar-refractivity contribution in [1.29, 1.82) is 0 Å². The van der Waals surface area contributed by atoms with Gasteiger partial charge in [-0.1, -0.05) is 13.8 Å². The molecule has 0 aromatic carbocycles. The molecule has 5 nitrogen and oxygen atoms in total. The van der Waals surface area contributed by atoms with E-state index in [1.807, 2.05) is 16.3 Å². The monoisotopic (exact) mass is 345 g/mol. The van der Waals surface area contributed by atoms with Crippen LogP contribution in [0.15, 0.2) is 30.0 Å². The normalized spacial score (nSPS) is 18.1. The van der Waals surface area contributed by atoms with Crippen LogP contribution in [-0.4, -0.2) is 46.6 Å². The summed E-state index contributed by atoms with van der Waals surface area (Å²) in [5.74, 6) is 0.569. The van der Waals surface area contributed by atoms with Gasteiger partial charge in [0, 0.05) is 35.4 Å². The van der Waals surface area contributed by atoms with E-state index in [1.54, 1.807) is 29.9 Å². The first kappa shape index (κ1) is 17.0. The molecule has 0 unspecified atom stereocenters. The average Bonchev–Trinajstić information content (AvgIpc) is 3.11. The van der Waals surface area contributed by atoms with E-state index in [2.05, 4.69) is 23.8 Å². The molecule has 0 saturated carbocycles. The second kappa shape index (κ2) is 7.85. The molecule has 1 atom stereocenters. The number of rotatable bonds is 5. The smallest absolute Gasteiger partial charge is 0.255 e. The first-order valence-electron chi connectivity index (χ1n) is 8.37. The summed E-state index contributed by atoms with van der Waals surface area (Å²) in [5, 5.41) is 1.98. The third-order valence-corrected chi connectivity index (χ3v) is 5.51. The summed E-state index contributed by atoms with van der Waals surface area (Å²) < 4.78 is 5.60. The number of aryl methyl sites for hydroxylation is 1. The van der Waals surface area contributed by atoms with E-state index in [4.69, 9.17) is 4.74 Å². The number of hydrogen-bond donors (Lipinski definition) is 0. The van der Waals surface area contributed by atoms with Crippen LogP contribution in [-0.2, 0) is 11.2 Å². The predicted molar refractivity (Wildman–Crippen MR) is 94.4 cm³/mol. The summed E-state index contributed by atoms with van der Waals surface area (Å²) in [4.78, 5) is 24.5. The lowest BCUT2D eigenvalue weighted by Gasteiger charge is -2.35. The van der Waals surface area contributed by atoms with Gasteiger partial charge in [-0.3, -0.25) is 14.8 Å². The molecule has 0 N–H and O–H groups in total.